The van der Waals surface area contributed by atoms with Crippen LogP contribution in [0, 0.1) is 17.5 Å². The van der Waals surface area contributed by atoms with Gasteiger partial charge in [-0.15, -0.1) is 0 Å². The van der Waals surface area contributed by atoms with Gasteiger partial charge < -0.3 is 20.1 Å². The minimum atomic E-state index is -0.790. The number of aliphatic hydroxyl groups excluding tert-OH is 1. The lowest BCUT2D eigenvalue weighted by atomic mass is 10.1. The first-order valence-corrected chi connectivity index (χ1v) is 9.14. The largest absolute Gasteiger partial charge is 0.394 e. The van der Waals surface area contributed by atoms with Gasteiger partial charge in [0.15, 0.2) is 0 Å². The molecule has 1 aliphatic rings. The van der Waals surface area contributed by atoms with Crippen LogP contribution in [0.5, 0.6) is 0 Å². The van der Waals surface area contributed by atoms with Gasteiger partial charge >= 0.3 is 0 Å². The number of halogens is 3. The van der Waals surface area contributed by atoms with Crippen LogP contribution in [-0.2, 0) is 9.53 Å². The fourth-order valence-electron chi connectivity index (χ4n) is 3.05. The van der Waals surface area contributed by atoms with E-state index in [-0.39, 0.29) is 5.56 Å². The van der Waals surface area contributed by atoms with Crippen molar-refractivity contribution < 1.29 is 27.8 Å². The molecule has 2 aromatic carbocycles. The van der Waals surface area contributed by atoms with Crippen LogP contribution >= 0.6 is 0 Å². The van der Waals surface area contributed by atoms with Gasteiger partial charge in [0.25, 0.3) is 0 Å². The lowest BCUT2D eigenvalue weighted by molar-refractivity contribution is -0.117. The topological polar surface area (TPSA) is 61.8 Å². The van der Waals surface area contributed by atoms with Gasteiger partial charge in [-0.05, 0) is 35.9 Å². The number of hydrogen-bond donors (Lipinski definition) is 2. The summed E-state index contributed by atoms with van der Waals surface area (Å²) in [5.74, 6) is -2.48. The summed E-state index contributed by atoms with van der Waals surface area (Å²) >= 11 is 0. The zero-order chi connectivity index (χ0) is 20.8. The molecular formula is C21H21F3N2O3. The van der Waals surface area contributed by atoms with Crippen molar-refractivity contribution in [3.63, 3.8) is 0 Å². The molecule has 5 nitrogen and oxygen atoms in total. The number of nitrogens with zero attached hydrogens (tertiary/aromatic N) is 1. The molecule has 0 aliphatic carbocycles. The zero-order valence-corrected chi connectivity index (χ0v) is 15.6. The molecule has 2 N–H and O–H groups in total. The Morgan fingerprint density at radius 2 is 1.90 bits per heavy atom. The minimum absolute atomic E-state index is 0.0542. The van der Waals surface area contributed by atoms with Crippen molar-refractivity contribution in [3.8, 4) is 0 Å². The van der Waals surface area contributed by atoms with Crippen molar-refractivity contribution in [1.82, 2.24) is 5.32 Å². The molecule has 2 aromatic rings. The Morgan fingerprint density at radius 3 is 2.59 bits per heavy atom. The summed E-state index contributed by atoms with van der Waals surface area (Å²) in [5, 5.41) is 12.3. The Bertz CT molecular complexity index is 899. The zero-order valence-electron chi connectivity index (χ0n) is 15.6. The quantitative estimate of drug-likeness (QED) is 0.725. The first kappa shape index (κ1) is 20.9. The van der Waals surface area contributed by atoms with Gasteiger partial charge in [-0.2, -0.15) is 0 Å². The van der Waals surface area contributed by atoms with Crippen LogP contribution < -0.4 is 10.2 Å². The number of nitrogens with one attached hydrogen (secondary N) is 1. The molecule has 0 saturated carbocycles. The van der Waals surface area contributed by atoms with E-state index in [0.29, 0.717) is 37.6 Å². The van der Waals surface area contributed by atoms with E-state index in [0.717, 1.165) is 18.2 Å². The highest BCUT2D eigenvalue weighted by Crippen LogP contribution is 2.25. The van der Waals surface area contributed by atoms with E-state index < -0.39 is 36.0 Å². The maximum atomic E-state index is 14.3. The number of rotatable bonds is 6. The minimum Gasteiger partial charge on any atom is -0.394 e. The third-order valence-electron chi connectivity index (χ3n) is 4.60. The van der Waals surface area contributed by atoms with Gasteiger partial charge in [-0.3, -0.25) is 4.79 Å². The Labute approximate surface area is 166 Å². The highest BCUT2D eigenvalue weighted by atomic mass is 19.1. The number of morpholine rings is 1. The van der Waals surface area contributed by atoms with Crippen LogP contribution in [0.4, 0.5) is 18.9 Å². The molecule has 0 radical (unpaired) electrons. The smallest absolute Gasteiger partial charge is 0.244 e. The predicted octanol–water partition coefficient (Wildman–Crippen LogP) is 2.80. The highest BCUT2D eigenvalue weighted by molar-refractivity contribution is 5.92. The van der Waals surface area contributed by atoms with E-state index in [1.54, 1.807) is 6.07 Å². The monoisotopic (exact) mass is 406 g/mol. The third-order valence-corrected chi connectivity index (χ3v) is 4.60. The van der Waals surface area contributed by atoms with Gasteiger partial charge in [0.2, 0.25) is 5.91 Å². The molecule has 1 unspecified atom stereocenters. The average Bonchev–Trinajstić information content (AvgIpc) is 2.72. The van der Waals surface area contributed by atoms with Crippen LogP contribution in [0.15, 0.2) is 42.5 Å². The van der Waals surface area contributed by atoms with Crippen LogP contribution in [0.1, 0.15) is 17.2 Å². The fraction of sp³-hybridized carbons (Fsp3) is 0.286. The molecule has 1 amide bonds. The van der Waals surface area contributed by atoms with Gasteiger partial charge in [-0.25, -0.2) is 13.2 Å². The van der Waals surface area contributed by atoms with Gasteiger partial charge in [0, 0.05) is 30.8 Å². The molecule has 3 rings (SSSR count). The molecule has 0 aromatic heterocycles. The van der Waals surface area contributed by atoms with Crippen molar-refractivity contribution in [2.24, 2.45) is 0 Å². The second-order valence-electron chi connectivity index (χ2n) is 6.55. The Balaban J connectivity index is 1.72. The molecule has 8 heteroatoms. The second kappa shape index (κ2) is 9.58. The number of hydrogen-bond acceptors (Lipinski definition) is 4. The van der Waals surface area contributed by atoms with E-state index >= 15 is 0 Å². The molecule has 0 spiro atoms. The van der Waals surface area contributed by atoms with E-state index in [1.165, 1.54) is 24.3 Å². The molecule has 1 fully saturated rings. The molecule has 1 heterocycles. The fourth-order valence-corrected chi connectivity index (χ4v) is 3.05. The number of ether oxygens (including phenoxy) is 1. The molecular weight excluding hydrogens is 385 g/mol. The molecule has 1 aliphatic heterocycles. The lowest BCUT2D eigenvalue weighted by Gasteiger charge is -2.30. The Hall–Kier alpha value is -2.84. The SMILES string of the molecule is O=C(/C=C/c1ccc(F)cc1F)NC(CO)c1ccc(F)c(N2CCOCC2)c1. The first-order chi connectivity index (χ1) is 14.0. The molecule has 154 valence electrons. The number of carbonyl (C=O) groups excluding carboxylic acids is 1. The second-order valence-corrected chi connectivity index (χ2v) is 6.55. The average molecular weight is 406 g/mol. The van der Waals surface area contributed by atoms with Crippen molar-refractivity contribution in [2.75, 3.05) is 37.8 Å². The molecule has 1 atom stereocenters. The van der Waals surface area contributed by atoms with E-state index in [2.05, 4.69) is 5.32 Å². The lowest BCUT2D eigenvalue weighted by Crippen LogP contribution is -2.37. The molecule has 1 saturated heterocycles. The Kier molecular flexibility index (Phi) is 6.90. The van der Waals surface area contributed by atoms with E-state index in [1.807, 2.05) is 4.90 Å². The van der Waals surface area contributed by atoms with Crippen LogP contribution in [0.25, 0.3) is 6.08 Å². The number of carbonyl (C=O) groups is 1. The van der Waals surface area contributed by atoms with E-state index in [4.69, 9.17) is 4.74 Å². The molecule has 0 bridgehead atoms. The van der Waals surface area contributed by atoms with Gasteiger partial charge in [0.05, 0.1) is 31.5 Å². The normalized spacial score (nSPS) is 15.5. The van der Waals surface area contributed by atoms with Crippen LogP contribution in [0.3, 0.4) is 0 Å². The van der Waals surface area contributed by atoms with E-state index in [9.17, 15) is 23.1 Å². The third kappa shape index (κ3) is 5.36. The standard InChI is InChI=1S/C21H21F3N2O3/c22-16-4-1-14(18(24)12-16)3-6-21(28)25-19(13-27)15-2-5-17(23)20(11-15)26-7-9-29-10-8-26/h1-6,11-12,19,27H,7-10,13H2,(H,25,28)/b6-3+. The summed E-state index contributed by atoms with van der Waals surface area (Å²) in [4.78, 5) is 14.0. The predicted molar refractivity (Wildman–Crippen MR) is 103 cm³/mol. The summed E-state index contributed by atoms with van der Waals surface area (Å²) in [6, 6.07) is 6.62. The van der Waals surface area contributed by atoms with Crippen molar-refractivity contribution in [2.45, 2.75) is 6.04 Å². The maximum Gasteiger partial charge on any atom is 0.244 e. The number of anilines is 1. The van der Waals surface area contributed by atoms with Crippen molar-refractivity contribution in [1.29, 1.82) is 0 Å². The van der Waals surface area contributed by atoms with Crippen LogP contribution in [0.2, 0.25) is 0 Å². The summed E-state index contributed by atoms with van der Waals surface area (Å²) < 4.78 is 46.1. The highest BCUT2D eigenvalue weighted by Gasteiger charge is 2.19. The van der Waals surface area contributed by atoms with Crippen LogP contribution in [-0.4, -0.2) is 43.9 Å². The summed E-state index contributed by atoms with van der Waals surface area (Å²) in [7, 11) is 0. The summed E-state index contributed by atoms with van der Waals surface area (Å²) in [5.41, 5.74) is 0.964. The summed E-state index contributed by atoms with van der Waals surface area (Å²) in [6.07, 6.45) is 2.30. The van der Waals surface area contributed by atoms with Crippen molar-refractivity contribution in [3.05, 3.63) is 71.1 Å². The first-order valence-electron chi connectivity index (χ1n) is 9.14. The van der Waals surface area contributed by atoms with Gasteiger partial charge in [0.1, 0.15) is 17.5 Å². The van der Waals surface area contributed by atoms with Crippen molar-refractivity contribution >= 4 is 17.7 Å². The number of amides is 1. The number of aliphatic hydroxyl groups is 1. The van der Waals surface area contributed by atoms with Gasteiger partial charge in [-0.1, -0.05) is 6.07 Å². The summed E-state index contributed by atoms with van der Waals surface area (Å²) in [6.45, 7) is 1.67. The number of benzene rings is 2. The maximum absolute atomic E-state index is 14.3. The molecule has 29 heavy (non-hydrogen) atoms. The Morgan fingerprint density at radius 1 is 1.14 bits per heavy atom.